The van der Waals surface area contributed by atoms with Gasteiger partial charge in [0.1, 0.15) is 0 Å². The molecule has 1 aromatic carbocycles. The Balaban J connectivity index is 0.00000208. The average Bonchev–Trinajstić information content (AvgIpc) is 2.79. The second kappa shape index (κ2) is 7.91. The van der Waals surface area contributed by atoms with Crippen molar-refractivity contribution in [3.05, 3.63) is 18.2 Å². The van der Waals surface area contributed by atoms with E-state index in [0.717, 1.165) is 19.3 Å². The van der Waals surface area contributed by atoms with E-state index in [2.05, 4.69) is 0 Å². The van der Waals surface area contributed by atoms with Gasteiger partial charge in [-0.1, -0.05) is 0 Å². The highest BCUT2D eigenvalue weighted by atomic mass is 35.5. The Morgan fingerprint density at radius 1 is 1.21 bits per heavy atom. The highest BCUT2D eigenvalue weighted by Crippen LogP contribution is 2.34. The Bertz CT molecular complexity index is 666. The van der Waals surface area contributed by atoms with Crippen LogP contribution in [0.2, 0.25) is 0 Å². The first-order valence-electron chi connectivity index (χ1n) is 8.14. The van der Waals surface area contributed by atoms with Gasteiger partial charge in [-0.25, -0.2) is 8.42 Å². The van der Waals surface area contributed by atoms with Gasteiger partial charge in [0.25, 0.3) is 0 Å². The van der Waals surface area contributed by atoms with Crippen molar-refractivity contribution >= 4 is 22.4 Å². The zero-order chi connectivity index (χ0) is 16.4. The van der Waals surface area contributed by atoms with Crippen LogP contribution in [0.1, 0.15) is 26.2 Å². The molecule has 0 aromatic heterocycles. The lowest BCUT2D eigenvalue weighted by Crippen LogP contribution is -2.44. The topological polar surface area (TPSA) is 81.9 Å². The smallest absolute Gasteiger partial charge is 0.243 e. The Morgan fingerprint density at radius 2 is 1.92 bits per heavy atom. The molecule has 0 spiro atoms. The minimum absolute atomic E-state index is 0. The molecule has 0 aliphatic carbocycles. The molecule has 3 rings (SSSR count). The van der Waals surface area contributed by atoms with Crippen molar-refractivity contribution in [2.45, 2.75) is 37.1 Å². The van der Waals surface area contributed by atoms with Crippen LogP contribution in [0.25, 0.3) is 0 Å². The minimum Gasteiger partial charge on any atom is -0.490 e. The van der Waals surface area contributed by atoms with E-state index in [1.165, 1.54) is 0 Å². The molecule has 0 radical (unpaired) electrons. The zero-order valence-electron chi connectivity index (χ0n) is 13.8. The number of hydrogen-bond acceptors (Lipinski definition) is 5. The maximum atomic E-state index is 12.9. The summed E-state index contributed by atoms with van der Waals surface area (Å²) in [6.07, 6.45) is 2.61. The van der Waals surface area contributed by atoms with E-state index in [1.54, 1.807) is 22.5 Å². The highest BCUT2D eigenvalue weighted by molar-refractivity contribution is 7.89. The molecule has 2 aliphatic rings. The van der Waals surface area contributed by atoms with Crippen LogP contribution < -0.4 is 15.2 Å². The van der Waals surface area contributed by atoms with Crippen molar-refractivity contribution in [1.29, 1.82) is 0 Å². The van der Waals surface area contributed by atoms with Crippen molar-refractivity contribution in [2.24, 2.45) is 11.7 Å². The second-order valence-electron chi connectivity index (χ2n) is 6.28. The van der Waals surface area contributed by atoms with Crippen molar-refractivity contribution in [3.8, 4) is 11.5 Å². The third-order valence-electron chi connectivity index (χ3n) is 4.52. The van der Waals surface area contributed by atoms with E-state index in [1.807, 2.05) is 6.92 Å². The summed E-state index contributed by atoms with van der Waals surface area (Å²) >= 11 is 0. The van der Waals surface area contributed by atoms with Gasteiger partial charge in [0.15, 0.2) is 11.5 Å². The van der Waals surface area contributed by atoms with Gasteiger partial charge in [0, 0.05) is 31.6 Å². The number of fused-ring (bicyclic) bond motifs is 1. The molecule has 0 saturated carbocycles. The Hall–Kier alpha value is -1.02. The molecule has 0 bridgehead atoms. The molecule has 1 saturated heterocycles. The quantitative estimate of drug-likeness (QED) is 0.872. The predicted molar refractivity (Wildman–Crippen MR) is 94.4 cm³/mol. The molecule has 1 aromatic rings. The number of piperidine rings is 1. The molecule has 24 heavy (non-hydrogen) atoms. The van der Waals surface area contributed by atoms with Crippen LogP contribution in [-0.2, 0) is 10.0 Å². The van der Waals surface area contributed by atoms with Gasteiger partial charge >= 0.3 is 0 Å². The number of hydrogen-bond donors (Lipinski definition) is 1. The van der Waals surface area contributed by atoms with Crippen molar-refractivity contribution in [3.63, 3.8) is 0 Å². The summed E-state index contributed by atoms with van der Waals surface area (Å²) in [7, 11) is -3.53. The van der Waals surface area contributed by atoms with Crippen LogP contribution in [0.3, 0.4) is 0 Å². The average molecular weight is 377 g/mol. The van der Waals surface area contributed by atoms with Crippen LogP contribution in [0.15, 0.2) is 23.1 Å². The summed E-state index contributed by atoms with van der Waals surface area (Å²) in [4.78, 5) is 0.257. The number of nitrogens with zero attached hydrogens (tertiary/aromatic N) is 1. The Labute approximate surface area is 149 Å². The zero-order valence-corrected chi connectivity index (χ0v) is 15.4. The minimum atomic E-state index is -3.53. The third kappa shape index (κ3) is 3.96. The van der Waals surface area contributed by atoms with E-state index in [-0.39, 0.29) is 29.3 Å². The van der Waals surface area contributed by atoms with E-state index >= 15 is 0 Å². The number of ether oxygens (including phenoxy) is 2. The van der Waals surface area contributed by atoms with E-state index < -0.39 is 10.0 Å². The summed E-state index contributed by atoms with van der Waals surface area (Å²) < 4.78 is 38.5. The molecule has 2 atom stereocenters. The SMILES string of the molecule is CC(N)C1CCCN(S(=O)(=O)c2ccc3c(c2)OCCCO3)C1.Cl. The lowest BCUT2D eigenvalue weighted by Gasteiger charge is -2.33. The molecule has 136 valence electrons. The maximum absolute atomic E-state index is 12.9. The Morgan fingerprint density at radius 3 is 2.62 bits per heavy atom. The molecule has 2 heterocycles. The molecule has 2 aliphatic heterocycles. The van der Waals surface area contributed by atoms with Crippen LogP contribution >= 0.6 is 12.4 Å². The number of nitrogens with two attached hydrogens (primary N) is 1. The van der Waals surface area contributed by atoms with Gasteiger partial charge in [0.2, 0.25) is 10.0 Å². The summed E-state index contributed by atoms with van der Waals surface area (Å²) in [5.41, 5.74) is 5.96. The monoisotopic (exact) mass is 376 g/mol. The first-order valence-corrected chi connectivity index (χ1v) is 9.58. The highest BCUT2D eigenvalue weighted by Gasteiger charge is 2.32. The first kappa shape index (κ1) is 19.3. The number of halogens is 1. The molecular formula is C16H25ClN2O4S. The lowest BCUT2D eigenvalue weighted by molar-refractivity contribution is 0.243. The normalized spacial score (nSPS) is 23.0. The van der Waals surface area contributed by atoms with Crippen molar-refractivity contribution in [2.75, 3.05) is 26.3 Å². The molecule has 2 unspecified atom stereocenters. The number of benzene rings is 1. The van der Waals surface area contributed by atoms with Gasteiger partial charge in [-0.05, 0) is 37.8 Å². The van der Waals surface area contributed by atoms with Gasteiger partial charge in [-0.15, -0.1) is 12.4 Å². The standard InChI is InChI=1S/C16H24N2O4S.ClH/c1-12(17)13-4-2-7-18(11-13)23(19,20)14-5-6-15-16(10-14)22-9-3-8-21-15;/h5-6,10,12-13H,2-4,7-9,11,17H2,1H3;1H. The molecular weight excluding hydrogens is 352 g/mol. The van der Waals surface area contributed by atoms with Gasteiger partial charge in [0.05, 0.1) is 18.1 Å². The fourth-order valence-corrected chi connectivity index (χ4v) is 4.63. The first-order chi connectivity index (χ1) is 11.0. The molecule has 2 N–H and O–H groups in total. The second-order valence-corrected chi connectivity index (χ2v) is 8.22. The van der Waals surface area contributed by atoms with E-state index in [0.29, 0.717) is 37.8 Å². The summed E-state index contributed by atoms with van der Waals surface area (Å²) in [6.45, 7) is 4.08. The van der Waals surface area contributed by atoms with Gasteiger partial charge in [-0.3, -0.25) is 0 Å². The van der Waals surface area contributed by atoms with E-state index in [9.17, 15) is 8.42 Å². The van der Waals surface area contributed by atoms with Crippen molar-refractivity contribution in [1.82, 2.24) is 4.31 Å². The summed E-state index contributed by atoms with van der Waals surface area (Å²) in [5, 5.41) is 0. The largest absolute Gasteiger partial charge is 0.490 e. The van der Waals surface area contributed by atoms with E-state index in [4.69, 9.17) is 15.2 Å². The molecule has 6 nitrogen and oxygen atoms in total. The molecule has 1 fully saturated rings. The maximum Gasteiger partial charge on any atom is 0.243 e. The predicted octanol–water partition coefficient (Wildman–Crippen LogP) is 2.02. The van der Waals surface area contributed by atoms with Crippen LogP contribution in [0, 0.1) is 5.92 Å². The lowest BCUT2D eigenvalue weighted by atomic mass is 9.93. The molecule has 0 amide bonds. The fraction of sp³-hybridized carbons (Fsp3) is 0.625. The van der Waals surface area contributed by atoms with Crippen LogP contribution in [0.4, 0.5) is 0 Å². The summed E-state index contributed by atoms with van der Waals surface area (Å²) in [6, 6.07) is 4.85. The summed E-state index contributed by atoms with van der Waals surface area (Å²) in [5.74, 6) is 1.32. The number of sulfonamides is 1. The van der Waals surface area contributed by atoms with Gasteiger partial charge in [-0.2, -0.15) is 4.31 Å². The van der Waals surface area contributed by atoms with Crippen LogP contribution in [0.5, 0.6) is 11.5 Å². The van der Waals surface area contributed by atoms with Crippen molar-refractivity contribution < 1.29 is 17.9 Å². The third-order valence-corrected chi connectivity index (χ3v) is 6.38. The molecule has 8 heteroatoms. The Kier molecular flexibility index (Phi) is 6.36. The van der Waals surface area contributed by atoms with Gasteiger partial charge < -0.3 is 15.2 Å². The number of rotatable bonds is 3. The van der Waals surface area contributed by atoms with Crippen LogP contribution in [-0.4, -0.2) is 45.1 Å². The fourth-order valence-electron chi connectivity index (χ4n) is 3.07.